The second-order valence-electron chi connectivity index (χ2n) is 6.94. The summed E-state index contributed by atoms with van der Waals surface area (Å²) in [5, 5.41) is 0. The normalized spacial score (nSPS) is 16.6. The molecule has 1 unspecified atom stereocenters. The molecule has 1 amide bonds. The van der Waals surface area contributed by atoms with Crippen LogP contribution in [0.3, 0.4) is 0 Å². The minimum atomic E-state index is -3.73. The van der Waals surface area contributed by atoms with E-state index in [0.29, 0.717) is 45.2 Å². The van der Waals surface area contributed by atoms with Gasteiger partial charge in [0.25, 0.3) is 5.91 Å². The molecule has 0 aromatic heterocycles. The summed E-state index contributed by atoms with van der Waals surface area (Å²) in [5.74, 6) is 0.0147. The molecule has 7 nitrogen and oxygen atoms in total. The highest BCUT2D eigenvalue weighted by Crippen LogP contribution is 2.22. The minimum absolute atomic E-state index is 0. The van der Waals surface area contributed by atoms with Crippen molar-refractivity contribution in [1.82, 2.24) is 9.21 Å². The van der Waals surface area contributed by atoms with E-state index in [1.165, 1.54) is 15.3 Å². The predicted molar refractivity (Wildman–Crippen MR) is 108 cm³/mol. The molecule has 1 aliphatic heterocycles. The maximum absolute atomic E-state index is 13.0. The molecule has 9 heteroatoms. The van der Waals surface area contributed by atoms with Crippen LogP contribution in [0.5, 0.6) is 0 Å². The van der Waals surface area contributed by atoms with Crippen LogP contribution in [0, 0.1) is 5.92 Å². The Hall–Kier alpha value is -1.19. The number of amides is 1. The summed E-state index contributed by atoms with van der Waals surface area (Å²) < 4.78 is 32.5. The number of carbonyl (C=O) groups is 1. The van der Waals surface area contributed by atoms with Gasteiger partial charge in [0.2, 0.25) is 10.0 Å². The predicted octanol–water partition coefficient (Wildman–Crippen LogP) is 1.57. The first kappa shape index (κ1) is 23.8. The maximum atomic E-state index is 13.0. The van der Waals surface area contributed by atoms with E-state index in [0.717, 1.165) is 0 Å². The van der Waals surface area contributed by atoms with Gasteiger partial charge in [0.15, 0.2) is 0 Å². The number of morpholine rings is 1. The standard InChI is InChI=1S/C18H29N3O4S.ClH/c1-14(2)16(19)8-9-20(3)18(22)15-6-4-5-7-17(15)26(23,24)21-10-12-25-13-11-21;/h4-7,14,16H,8-13,19H2,1-3H3;1H. The summed E-state index contributed by atoms with van der Waals surface area (Å²) in [5.41, 5.74) is 6.24. The molecule has 1 atom stereocenters. The van der Waals surface area contributed by atoms with Gasteiger partial charge in [-0.05, 0) is 24.5 Å². The van der Waals surface area contributed by atoms with Gasteiger partial charge in [0.1, 0.15) is 0 Å². The van der Waals surface area contributed by atoms with E-state index < -0.39 is 10.0 Å². The van der Waals surface area contributed by atoms with Crippen LogP contribution in [0.25, 0.3) is 0 Å². The van der Waals surface area contributed by atoms with Crippen LogP contribution < -0.4 is 5.73 Å². The molecule has 2 rings (SSSR count). The zero-order valence-electron chi connectivity index (χ0n) is 16.1. The fraction of sp³-hybridized carbons (Fsp3) is 0.611. The van der Waals surface area contributed by atoms with Gasteiger partial charge in [-0.1, -0.05) is 26.0 Å². The van der Waals surface area contributed by atoms with Crippen LogP contribution in [-0.2, 0) is 14.8 Å². The molecular formula is C18H30ClN3O4S. The third-order valence-corrected chi connectivity index (χ3v) is 6.66. The van der Waals surface area contributed by atoms with Gasteiger partial charge in [-0.25, -0.2) is 8.42 Å². The van der Waals surface area contributed by atoms with Crippen LogP contribution in [0.1, 0.15) is 30.6 Å². The summed E-state index contributed by atoms with van der Waals surface area (Å²) in [6.45, 7) is 5.87. The van der Waals surface area contributed by atoms with Gasteiger partial charge in [-0.2, -0.15) is 4.31 Å². The first-order valence-electron chi connectivity index (χ1n) is 8.93. The highest BCUT2D eigenvalue weighted by molar-refractivity contribution is 7.89. The molecule has 0 aliphatic carbocycles. The van der Waals surface area contributed by atoms with Crippen molar-refractivity contribution in [2.24, 2.45) is 11.7 Å². The second-order valence-corrected chi connectivity index (χ2v) is 8.84. The molecule has 1 heterocycles. The Morgan fingerprint density at radius 2 is 1.85 bits per heavy atom. The van der Waals surface area contributed by atoms with Crippen molar-refractivity contribution in [1.29, 1.82) is 0 Å². The third kappa shape index (κ3) is 5.89. The minimum Gasteiger partial charge on any atom is -0.379 e. The molecule has 1 saturated heterocycles. The molecule has 1 aromatic carbocycles. The van der Waals surface area contributed by atoms with Crippen molar-refractivity contribution in [3.05, 3.63) is 29.8 Å². The maximum Gasteiger partial charge on any atom is 0.254 e. The lowest BCUT2D eigenvalue weighted by molar-refractivity contribution is 0.0727. The number of benzene rings is 1. The largest absolute Gasteiger partial charge is 0.379 e. The molecule has 0 radical (unpaired) electrons. The Balaban J connectivity index is 0.00000364. The molecule has 0 saturated carbocycles. The van der Waals surface area contributed by atoms with Gasteiger partial charge in [-0.15, -0.1) is 12.4 Å². The molecule has 27 heavy (non-hydrogen) atoms. The van der Waals surface area contributed by atoms with Crippen molar-refractivity contribution in [2.75, 3.05) is 39.9 Å². The fourth-order valence-electron chi connectivity index (χ4n) is 2.78. The summed E-state index contributed by atoms with van der Waals surface area (Å²) in [6.07, 6.45) is 0.665. The highest BCUT2D eigenvalue weighted by atomic mass is 35.5. The van der Waals surface area contributed by atoms with E-state index >= 15 is 0 Å². The van der Waals surface area contributed by atoms with E-state index in [1.54, 1.807) is 25.2 Å². The zero-order chi connectivity index (χ0) is 19.3. The van der Waals surface area contributed by atoms with Crippen molar-refractivity contribution in [3.8, 4) is 0 Å². The Morgan fingerprint density at radius 3 is 2.44 bits per heavy atom. The topological polar surface area (TPSA) is 92.9 Å². The lowest BCUT2D eigenvalue weighted by Gasteiger charge is -2.27. The van der Waals surface area contributed by atoms with Crippen LogP contribution in [-0.4, -0.2) is 69.5 Å². The first-order valence-corrected chi connectivity index (χ1v) is 10.4. The number of rotatable bonds is 7. The second kappa shape index (κ2) is 10.4. The average Bonchev–Trinajstić information content (AvgIpc) is 2.65. The van der Waals surface area contributed by atoms with Gasteiger partial charge < -0.3 is 15.4 Å². The monoisotopic (exact) mass is 419 g/mol. The van der Waals surface area contributed by atoms with E-state index in [9.17, 15) is 13.2 Å². The van der Waals surface area contributed by atoms with Gasteiger partial charge in [0, 0.05) is 32.7 Å². The Kier molecular flexibility index (Phi) is 9.17. The smallest absolute Gasteiger partial charge is 0.254 e. The molecular weight excluding hydrogens is 390 g/mol. The number of nitrogens with zero attached hydrogens (tertiary/aromatic N) is 2. The van der Waals surface area contributed by atoms with Crippen molar-refractivity contribution in [2.45, 2.75) is 31.2 Å². The van der Waals surface area contributed by atoms with E-state index in [4.69, 9.17) is 10.5 Å². The van der Waals surface area contributed by atoms with Gasteiger partial charge in [-0.3, -0.25) is 4.79 Å². The summed E-state index contributed by atoms with van der Waals surface area (Å²) in [4.78, 5) is 14.4. The van der Waals surface area contributed by atoms with E-state index in [-0.39, 0.29) is 34.8 Å². The van der Waals surface area contributed by atoms with Gasteiger partial charge in [0.05, 0.1) is 23.7 Å². The SMILES string of the molecule is CC(C)C(N)CCN(C)C(=O)c1ccccc1S(=O)(=O)N1CCOCC1.Cl. The third-order valence-electron chi connectivity index (χ3n) is 4.71. The van der Waals surface area contributed by atoms with Crippen molar-refractivity contribution < 1.29 is 17.9 Å². The molecule has 0 bridgehead atoms. The zero-order valence-corrected chi connectivity index (χ0v) is 17.8. The number of halogens is 1. The van der Waals surface area contributed by atoms with Gasteiger partial charge >= 0.3 is 0 Å². The summed E-state index contributed by atoms with van der Waals surface area (Å²) in [7, 11) is -2.06. The highest BCUT2D eigenvalue weighted by Gasteiger charge is 2.30. The summed E-state index contributed by atoms with van der Waals surface area (Å²) in [6, 6.07) is 6.37. The molecule has 1 fully saturated rings. The molecule has 0 spiro atoms. The first-order chi connectivity index (χ1) is 12.2. The molecule has 1 aliphatic rings. The van der Waals surface area contributed by atoms with E-state index in [1.807, 2.05) is 13.8 Å². The molecule has 154 valence electrons. The number of carbonyl (C=O) groups excluding carboxylic acids is 1. The average molecular weight is 420 g/mol. The van der Waals surface area contributed by atoms with Crippen LogP contribution >= 0.6 is 12.4 Å². The van der Waals surface area contributed by atoms with Crippen LogP contribution in [0.15, 0.2) is 29.2 Å². The number of hydrogen-bond donors (Lipinski definition) is 1. The lowest BCUT2D eigenvalue weighted by Crippen LogP contribution is -2.41. The molecule has 1 aromatic rings. The number of nitrogens with two attached hydrogens (primary N) is 1. The van der Waals surface area contributed by atoms with Crippen molar-refractivity contribution in [3.63, 3.8) is 0 Å². The lowest BCUT2D eigenvalue weighted by atomic mass is 10.0. The fourth-order valence-corrected chi connectivity index (χ4v) is 4.37. The van der Waals surface area contributed by atoms with Crippen LogP contribution in [0.4, 0.5) is 0 Å². The Morgan fingerprint density at radius 1 is 1.26 bits per heavy atom. The number of sulfonamides is 1. The Bertz CT molecular complexity index is 721. The summed E-state index contributed by atoms with van der Waals surface area (Å²) >= 11 is 0. The Labute approximate surface area is 168 Å². The number of hydrogen-bond acceptors (Lipinski definition) is 5. The quantitative estimate of drug-likeness (QED) is 0.724. The van der Waals surface area contributed by atoms with E-state index in [2.05, 4.69) is 0 Å². The number of ether oxygens (including phenoxy) is 1. The van der Waals surface area contributed by atoms with Crippen molar-refractivity contribution >= 4 is 28.3 Å². The molecule has 2 N–H and O–H groups in total. The van der Waals surface area contributed by atoms with Crippen LogP contribution in [0.2, 0.25) is 0 Å².